The van der Waals surface area contributed by atoms with Gasteiger partial charge < -0.3 is 15.4 Å². The van der Waals surface area contributed by atoms with E-state index >= 15 is 0 Å². The van der Waals surface area contributed by atoms with Crippen LogP contribution in [0.2, 0.25) is 0 Å². The molecule has 0 aliphatic carbocycles. The predicted octanol–water partition coefficient (Wildman–Crippen LogP) is 3.57. The van der Waals surface area contributed by atoms with Gasteiger partial charge in [-0.1, -0.05) is 48.0 Å². The van der Waals surface area contributed by atoms with E-state index in [1.807, 2.05) is 62.4 Å². The number of para-hydroxylation sites is 1. The van der Waals surface area contributed by atoms with Crippen molar-refractivity contribution in [3.63, 3.8) is 0 Å². The molecule has 0 atom stereocenters. The maximum Gasteiger partial charge on any atom is 0.315 e. The molecule has 0 saturated carbocycles. The lowest BCUT2D eigenvalue weighted by Gasteiger charge is -2.10. The Balaban J connectivity index is 1.58. The Kier molecular flexibility index (Phi) is 6.48. The third-order valence-electron chi connectivity index (χ3n) is 3.53. The monoisotopic (exact) mass is 312 g/mol. The van der Waals surface area contributed by atoms with Crippen LogP contribution in [-0.2, 0) is 6.54 Å². The number of urea groups is 1. The van der Waals surface area contributed by atoms with E-state index in [0.717, 1.165) is 23.3 Å². The lowest BCUT2D eigenvalue weighted by Crippen LogP contribution is -2.36. The minimum absolute atomic E-state index is 0.151. The average Bonchev–Trinajstić information content (AvgIpc) is 2.55. The number of rotatable bonds is 7. The van der Waals surface area contributed by atoms with E-state index in [1.54, 1.807) is 0 Å². The van der Waals surface area contributed by atoms with Gasteiger partial charge in [-0.25, -0.2) is 4.79 Å². The highest BCUT2D eigenvalue weighted by Crippen LogP contribution is 2.15. The maximum absolute atomic E-state index is 11.7. The van der Waals surface area contributed by atoms with Gasteiger partial charge >= 0.3 is 6.03 Å². The number of nitrogens with one attached hydrogen (secondary N) is 2. The van der Waals surface area contributed by atoms with Gasteiger partial charge in [0, 0.05) is 13.1 Å². The number of ether oxygens (including phenoxy) is 1. The molecular weight excluding hydrogens is 288 g/mol. The van der Waals surface area contributed by atoms with Crippen molar-refractivity contribution in [3.05, 3.63) is 65.2 Å². The zero-order chi connectivity index (χ0) is 16.5. The van der Waals surface area contributed by atoms with Gasteiger partial charge in [0.1, 0.15) is 5.75 Å². The third kappa shape index (κ3) is 6.02. The van der Waals surface area contributed by atoms with Crippen LogP contribution in [0.4, 0.5) is 4.79 Å². The highest BCUT2D eigenvalue weighted by atomic mass is 16.5. The number of carbonyl (C=O) groups excluding carboxylic acids is 1. The molecule has 4 nitrogen and oxygen atoms in total. The lowest BCUT2D eigenvalue weighted by atomic mass is 10.1. The largest absolute Gasteiger partial charge is 0.493 e. The zero-order valence-corrected chi connectivity index (χ0v) is 13.8. The van der Waals surface area contributed by atoms with Crippen LogP contribution in [0.25, 0.3) is 0 Å². The molecule has 0 bridgehead atoms. The quantitative estimate of drug-likeness (QED) is 0.768. The number of hydrogen-bond acceptors (Lipinski definition) is 2. The van der Waals surface area contributed by atoms with Crippen LogP contribution in [-0.4, -0.2) is 19.2 Å². The molecule has 2 aromatic carbocycles. The summed E-state index contributed by atoms with van der Waals surface area (Å²) in [5.74, 6) is 0.899. The first kappa shape index (κ1) is 16.9. The normalized spacial score (nSPS) is 10.2. The first-order valence-electron chi connectivity index (χ1n) is 7.91. The molecule has 2 rings (SSSR count). The van der Waals surface area contributed by atoms with Gasteiger partial charge in [0.25, 0.3) is 0 Å². The molecule has 2 N–H and O–H groups in total. The van der Waals surface area contributed by atoms with Crippen LogP contribution in [0.1, 0.15) is 23.1 Å². The van der Waals surface area contributed by atoms with Gasteiger partial charge in [-0.2, -0.15) is 0 Å². The summed E-state index contributed by atoms with van der Waals surface area (Å²) in [6, 6.07) is 15.9. The highest BCUT2D eigenvalue weighted by molar-refractivity contribution is 5.73. The van der Waals surface area contributed by atoms with Crippen LogP contribution in [0.15, 0.2) is 48.5 Å². The van der Waals surface area contributed by atoms with Crippen molar-refractivity contribution in [2.45, 2.75) is 26.8 Å². The number of hydrogen-bond donors (Lipinski definition) is 2. The molecule has 2 aromatic rings. The second-order valence-corrected chi connectivity index (χ2v) is 5.56. The van der Waals surface area contributed by atoms with E-state index in [0.29, 0.717) is 19.7 Å². The average molecular weight is 312 g/mol. The van der Waals surface area contributed by atoms with Crippen molar-refractivity contribution in [1.82, 2.24) is 10.6 Å². The molecule has 0 saturated heterocycles. The summed E-state index contributed by atoms with van der Waals surface area (Å²) in [6.45, 7) is 5.77. The fourth-order valence-corrected chi connectivity index (χ4v) is 2.13. The fraction of sp³-hybridized carbons (Fsp3) is 0.316. The van der Waals surface area contributed by atoms with Crippen LogP contribution in [0.5, 0.6) is 5.75 Å². The molecule has 122 valence electrons. The Morgan fingerprint density at radius 3 is 2.48 bits per heavy atom. The standard InChI is InChI=1S/C19H24N2O2/c1-15-8-10-17(11-9-15)14-21-19(22)20-12-5-13-23-18-7-4-3-6-16(18)2/h3-4,6-11H,5,12-14H2,1-2H3,(H2,20,21,22). The Morgan fingerprint density at radius 1 is 1.00 bits per heavy atom. The number of amides is 2. The molecule has 0 spiro atoms. The topological polar surface area (TPSA) is 50.4 Å². The molecule has 0 heterocycles. The molecular formula is C19H24N2O2. The van der Waals surface area contributed by atoms with Crippen LogP contribution in [0, 0.1) is 13.8 Å². The van der Waals surface area contributed by atoms with Crippen molar-refractivity contribution >= 4 is 6.03 Å². The molecule has 0 radical (unpaired) electrons. The van der Waals surface area contributed by atoms with Crippen molar-refractivity contribution in [1.29, 1.82) is 0 Å². The Hall–Kier alpha value is -2.49. The molecule has 0 fully saturated rings. The number of aryl methyl sites for hydroxylation is 2. The van der Waals surface area contributed by atoms with Gasteiger partial charge in [0.05, 0.1) is 6.61 Å². The van der Waals surface area contributed by atoms with Crippen LogP contribution < -0.4 is 15.4 Å². The Morgan fingerprint density at radius 2 is 1.74 bits per heavy atom. The van der Waals surface area contributed by atoms with E-state index in [4.69, 9.17) is 4.74 Å². The molecule has 4 heteroatoms. The van der Waals surface area contributed by atoms with E-state index in [9.17, 15) is 4.79 Å². The summed E-state index contributed by atoms with van der Waals surface area (Å²) < 4.78 is 5.69. The van der Waals surface area contributed by atoms with E-state index in [1.165, 1.54) is 5.56 Å². The molecule has 2 amide bonds. The van der Waals surface area contributed by atoms with Gasteiger partial charge in [-0.05, 0) is 37.5 Å². The second-order valence-electron chi connectivity index (χ2n) is 5.56. The van der Waals surface area contributed by atoms with Gasteiger partial charge in [0.15, 0.2) is 0 Å². The minimum Gasteiger partial charge on any atom is -0.493 e. The first-order chi connectivity index (χ1) is 11.1. The summed E-state index contributed by atoms with van der Waals surface area (Å²) in [5, 5.41) is 5.68. The fourth-order valence-electron chi connectivity index (χ4n) is 2.13. The number of carbonyl (C=O) groups is 1. The van der Waals surface area contributed by atoms with E-state index < -0.39 is 0 Å². The lowest BCUT2D eigenvalue weighted by molar-refractivity contribution is 0.238. The number of benzene rings is 2. The summed E-state index contributed by atoms with van der Waals surface area (Å²) in [7, 11) is 0. The molecule has 0 aliphatic heterocycles. The predicted molar refractivity (Wildman–Crippen MR) is 92.7 cm³/mol. The molecule has 0 unspecified atom stereocenters. The highest BCUT2D eigenvalue weighted by Gasteiger charge is 2.01. The molecule has 0 aliphatic rings. The van der Waals surface area contributed by atoms with E-state index in [-0.39, 0.29) is 6.03 Å². The maximum atomic E-state index is 11.7. The minimum atomic E-state index is -0.151. The molecule has 23 heavy (non-hydrogen) atoms. The zero-order valence-electron chi connectivity index (χ0n) is 13.8. The van der Waals surface area contributed by atoms with Crippen molar-refractivity contribution in [3.8, 4) is 5.75 Å². The van der Waals surface area contributed by atoms with Gasteiger partial charge in [0.2, 0.25) is 0 Å². The van der Waals surface area contributed by atoms with Crippen molar-refractivity contribution in [2.75, 3.05) is 13.2 Å². The summed E-state index contributed by atoms with van der Waals surface area (Å²) >= 11 is 0. The summed E-state index contributed by atoms with van der Waals surface area (Å²) in [6.07, 6.45) is 0.770. The molecule has 0 aromatic heterocycles. The van der Waals surface area contributed by atoms with Gasteiger partial charge in [-0.3, -0.25) is 0 Å². The third-order valence-corrected chi connectivity index (χ3v) is 3.53. The van der Waals surface area contributed by atoms with Gasteiger partial charge in [-0.15, -0.1) is 0 Å². The van der Waals surface area contributed by atoms with Crippen LogP contribution in [0.3, 0.4) is 0 Å². The first-order valence-corrected chi connectivity index (χ1v) is 7.91. The SMILES string of the molecule is Cc1ccc(CNC(=O)NCCCOc2ccccc2C)cc1. The second kappa shape index (κ2) is 8.83. The summed E-state index contributed by atoms with van der Waals surface area (Å²) in [5.41, 5.74) is 3.43. The van der Waals surface area contributed by atoms with Crippen molar-refractivity contribution in [2.24, 2.45) is 0 Å². The van der Waals surface area contributed by atoms with Crippen LogP contribution >= 0.6 is 0 Å². The summed E-state index contributed by atoms with van der Waals surface area (Å²) in [4.78, 5) is 11.7. The smallest absolute Gasteiger partial charge is 0.315 e. The van der Waals surface area contributed by atoms with Crippen molar-refractivity contribution < 1.29 is 9.53 Å². The Labute approximate surface area is 137 Å². The Bertz CT molecular complexity index is 624. The van der Waals surface area contributed by atoms with E-state index in [2.05, 4.69) is 10.6 Å².